The van der Waals surface area contributed by atoms with Crippen LogP contribution in [0.25, 0.3) is 0 Å². The topological polar surface area (TPSA) is 66.2 Å². The predicted octanol–water partition coefficient (Wildman–Crippen LogP) is 2.00. The molecule has 1 aromatic heterocycles. The predicted molar refractivity (Wildman–Crippen MR) is 71.1 cm³/mol. The molecule has 0 saturated heterocycles. The van der Waals surface area contributed by atoms with Crippen LogP contribution in [0.15, 0.2) is 0 Å². The first-order chi connectivity index (χ1) is 9.02. The van der Waals surface area contributed by atoms with Gasteiger partial charge in [0.2, 0.25) is 5.82 Å². The summed E-state index contributed by atoms with van der Waals surface area (Å²) in [4.78, 5) is 11.9. The van der Waals surface area contributed by atoms with Gasteiger partial charge in [-0.3, -0.25) is 4.57 Å². The highest BCUT2D eigenvalue weighted by molar-refractivity contribution is 5.85. The molecule has 0 aliphatic heterocycles. The van der Waals surface area contributed by atoms with E-state index in [1.54, 1.807) is 6.92 Å². The van der Waals surface area contributed by atoms with Crippen molar-refractivity contribution >= 4 is 5.97 Å². The molecule has 0 aliphatic carbocycles. The van der Waals surface area contributed by atoms with Crippen LogP contribution < -0.4 is 0 Å². The van der Waals surface area contributed by atoms with Crippen molar-refractivity contribution in [1.82, 2.24) is 14.8 Å². The minimum atomic E-state index is -0.440. The lowest BCUT2D eigenvalue weighted by Gasteiger charge is -2.24. The highest BCUT2D eigenvalue weighted by atomic mass is 16.5. The van der Waals surface area contributed by atoms with Gasteiger partial charge in [-0.05, 0) is 26.7 Å². The molecule has 19 heavy (non-hydrogen) atoms. The second-order valence-electron chi connectivity index (χ2n) is 4.63. The number of carbonyl (C=O) groups is 1. The smallest absolute Gasteiger partial charge is 0.376 e. The Kier molecular flexibility index (Phi) is 5.95. The molecule has 0 radical (unpaired) electrons. The van der Waals surface area contributed by atoms with E-state index in [-0.39, 0.29) is 11.9 Å². The van der Waals surface area contributed by atoms with Crippen LogP contribution in [-0.2, 0) is 9.47 Å². The van der Waals surface area contributed by atoms with Gasteiger partial charge < -0.3 is 9.47 Å². The Labute approximate surface area is 114 Å². The normalized spacial score (nSPS) is 12.7. The van der Waals surface area contributed by atoms with Crippen LogP contribution in [0.2, 0.25) is 0 Å². The lowest BCUT2D eigenvalue weighted by atomic mass is 10.0. The molecular weight excluding hydrogens is 246 g/mol. The Balaban J connectivity index is 3.07. The third-order valence-electron chi connectivity index (χ3n) is 2.92. The third-order valence-corrected chi connectivity index (χ3v) is 2.92. The van der Waals surface area contributed by atoms with Gasteiger partial charge >= 0.3 is 5.97 Å². The Bertz CT molecular complexity index is 415. The molecule has 1 heterocycles. The van der Waals surface area contributed by atoms with E-state index in [0.717, 1.165) is 0 Å². The zero-order valence-electron chi connectivity index (χ0n) is 12.3. The van der Waals surface area contributed by atoms with Crippen molar-refractivity contribution < 1.29 is 14.3 Å². The maximum Gasteiger partial charge on any atom is 0.376 e. The number of hydrogen-bond acceptors (Lipinski definition) is 5. The van der Waals surface area contributed by atoms with Crippen LogP contribution in [0.5, 0.6) is 0 Å². The van der Waals surface area contributed by atoms with E-state index < -0.39 is 5.97 Å². The first-order valence-electron chi connectivity index (χ1n) is 6.69. The molecule has 0 saturated carbocycles. The van der Waals surface area contributed by atoms with Crippen LogP contribution >= 0.6 is 0 Å². The van der Waals surface area contributed by atoms with Gasteiger partial charge in [-0.15, -0.1) is 10.2 Å². The average molecular weight is 269 g/mol. The van der Waals surface area contributed by atoms with E-state index in [4.69, 9.17) is 9.47 Å². The highest BCUT2D eigenvalue weighted by Gasteiger charge is 2.26. The van der Waals surface area contributed by atoms with Gasteiger partial charge in [-0.1, -0.05) is 13.8 Å². The van der Waals surface area contributed by atoms with Gasteiger partial charge in [-0.25, -0.2) is 4.79 Å². The number of hydrogen-bond donors (Lipinski definition) is 0. The lowest BCUT2D eigenvalue weighted by Crippen LogP contribution is -2.26. The number of aryl methyl sites for hydroxylation is 1. The largest absolute Gasteiger partial charge is 0.460 e. The Morgan fingerprint density at radius 2 is 1.95 bits per heavy atom. The molecular formula is C13H23N3O3. The van der Waals surface area contributed by atoms with Gasteiger partial charge in [0.25, 0.3) is 0 Å². The molecule has 1 atom stereocenters. The number of aromatic nitrogens is 3. The fourth-order valence-electron chi connectivity index (χ4n) is 1.90. The van der Waals surface area contributed by atoms with Crippen molar-refractivity contribution in [2.45, 2.75) is 40.7 Å². The summed E-state index contributed by atoms with van der Waals surface area (Å²) in [5, 5.41) is 7.92. The van der Waals surface area contributed by atoms with Gasteiger partial charge in [0, 0.05) is 6.61 Å². The molecule has 0 aromatic carbocycles. The minimum Gasteiger partial charge on any atom is -0.460 e. The molecule has 108 valence electrons. The van der Waals surface area contributed by atoms with Crippen LogP contribution in [0.1, 0.15) is 50.2 Å². The summed E-state index contributed by atoms with van der Waals surface area (Å²) in [6.07, 6.45) is 0. The molecule has 0 aliphatic rings. The van der Waals surface area contributed by atoms with Crippen LogP contribution in [0.4, 0.5) is 0 Å². The van der Waals surface area contributed by atoms with Crippen LogP contribution in [0, 0.1) is 12.8 Å². The van der Waals surface area contributed by atoms with E-state index >= 15 is 0 Å². The van der Waals surface area contributed by atoms with Crippen LogP contribution in [0.3, 0.4) is 0 Å². The molecule has 0 bridgehead atoms. The summed E-state index contributed by atoms with van der Waals surface area (Å²) in [6.45, 7) is 11.2. The fraction of sp³-hybridized carbons (Fsp3) is 0.769. The molecule has 1 aromatic rings. The molecule has 0 fully saturated rings. The molecule has 0 amide bonds. The number of ether oxygens (including phenoxy) is 2. The van der Waals surface area contributed by atoms with Gasteiger partial charge in [0.05, 0.1) is 19.3 Å². The van der Waals surface area contributed by atoms with Crippen LogP contribution in [-0.4, -0.2) is 40.6 Å². The number of esters is 1. The van der Waals surface area contributed by atoms with E-state index in [9.17, 15) is 4.79 Å². The maximum atomic E-state index is 11.9. The van der Waals surface area contributed by atoms with E-state index in [1.807, 2.05) is 18.4 Å². The Hall–Kier alpha value is -1.43. The molecule has 1 rings (SSSR count). The van der Waals surface area contributed by atoms with E-state index in [0.29, 0.717) is 31.6 Å². The van der Waals surface area contributed by atoms with Crippen molar-refractivity contribution in [1.29, 1.82) is 0 Å². The van der Waals surface area contributed by atoms with E-state index in [1.165, 1.54) is 0 Å². The van der Waals surface area contributed by atoms with Crippen molar-refractivity contribution in [3.63, 3.8) is 0 Å². The summed E-state index contributed by atoms with van der Waals surface area (Å²) in [7, 11) is 0. The number of nitrogens with zero attached hydrogens (tertiary/aromatic N) is 3. The Morgan fingerprint density at radius 1 is 1.26 bits per heavy atom. The fourth-order valence-corrected chi connectivity index (χ4v) is 1.90. The maximum absolute atomic E-state index is 11.9. The summed E-state index contributed by atoms with van der Waals surface area (Å²) >= 11 is 0. The number of carbonyl (C=O) groups excluding carboxylic acids is 1. The summed E-state index contributed by atoms with van der Waals surface area (Å²) in [5.74, 6) is 0.805. The first-order valence-corrected chi connectivity index (χ1v) is 6.69. The Morgan fingerprint density at radius 3 is 2.47 bits per heavy atom. The number of rotatable bonds is 7. The van der Waals surface area contributed by atoms with Gasteiger partial charge in [-0.2, -0.15) is 0 Å². The monoisotopic (exact) mass is 269 g/mol. The zero-order chi connectivity index (χ0) is 14.4. The molecule has 0 N–H and O–H groups in total. The van der Waals surface area contributed by atoms with Gasteiger partial charge in [0.1, 0.15) is 5.82 Å². The van der Waals surface area contributed by atoms with Crippen molar-refractivity contribution in [2.75, 3.05) is 19.8 Å². The third kappa shape index (κ3) is 3.76. The molecule has 1 unspecified atom stereocenters. The van der Waals surface area contributed by atoms with Gasteiger partial charge in [0.15, 0.2) is 0 Å². The van der Waals surface area contributed by atoms with Crippen molar-refractivity contribution in [3.8, 4) is 0 Å². The quantitative estimate of drug-likeness (QED) is 0.708. The standard InChI is InChI=1S/C13H23N3O3/c1-6-18-8-11(9(3)4)16-10(5)14-15-12(16)13(17)19-7-2/h9,11H,6-8H2,1-5H3. The second-order valence-corrected chi connectivity index (χ2v) is 4.63. The highest BCUT2D eigenvalue weighted by Crippen LogP contribution is 2.22. The summed E-state index contributed by atoms with van der Waals surface area (Å²) < 4.78 is 12.3. The van der Waals surface area contributed by atoms with Crippen molar-refractivity contribution in [2.24, 2.45) is 5.92 Å². The minimum absolute atomic E-state index is 0.0226. The summed E-state index contributed by atoms with van der Waals surface area (Å²) in [5.41, 5.74) is 0. The molecule has 6 nitrogen and oxygen atoms in total. The summed E-state index contributed by atoms with van der Waals surface area (Å²) in [6, 6.07) is 0.0226. The van der Waals surface area contributed by atoms with Crippen molar-refractivity contribution in [3.05, 3.63) is 11.6 Å². The van der Waals surface area contributed by atoms with E-state index in [2.05, 4.69) is 24.0 Å². The molecule has 0 spiro atoms. The SMILES string of the molecule is CCOCC(C(C)C)n1c(C)nnc1C(=O)OCC. The zero-order valence-corrected chi connectivity index (χ0v) is 12.3. The molecule has 6 heteroatoms. The first kappa shape index (κ1) is 15.6. The lowest BCUT2D eigenvalue weighted by molar-refractivity contribution is 0.0486. The second kappa shape index (κ2) is 7.23. The average Bonchev–Trinajstić information content (AvgIpc) is 2.72.